The molecule has 0 aliphatic carbocycles. The summed E-state index contributed by atoms with van der Waals surface area (Å²) in [6, 6.07) is 5.79. The molecule has 2 rings (SSSR count). The third kappa shape index (κ3) is 3.02. The highest BCUT2D eigenvalue weighted by Gasteiger charge is 2.21. The molecular weight excluding hydrogens is 251 g/mol. The van der Waals surface area contributed by atoms with Crippen molar-refractivity contribution in [2.24, 2.45) is 0 Å². The highest BCUT2D eigenvalue weighted by atomic mass is 32.2. The minimum atomic E-state index is -0.567. The Hall–Kier alpha value is -1.54. The Morgan fingerprint density at radius 1 is 1.50 bits per heavy atom. The lowest BCUT2D eigenvalue weighted by molar-refractivity contribution is -0.115. The fourth-order valence-corrected chi connectivity index (χ4v) is 3.06. The second-order valence-electron chi connectivity index (χ2n) is 4.15. The predicted molar refractivity (Wildman–Crippen MR) is 69.8 cm³/mol. The number of nitriles is 1. The van der Waals surface area contributed by atoms with Crippen molar-refractivity contribution in [2.75, 3.05) is 11.1 Å². The molecule has 1 atom stereocenters. The number of halogens is 1. The highest BCUT2D eigenvalue weighted by Crippen LogP contribution is 2.26. The van der Waals surface area contributed by atoms with Gasteiger partial charge < -0.3 is 5.32 Å². The van der Waals surface area contributed by atoms with Gasteiger partial charge in [0.1, 0.15) is 11.9 Å². The van der Waals surface area contributed by atoms with Gasteiger partial charge in [-0.2, -0.15) is 5.26 Å². The molecule has 1 heterocycles. The Kier molecular flexibility index (Phi) is 4.21. The van der Waals surface area contributed by atoms with Crippen molar-refractivity contribution < 1.29 is 9.18 Å². The molecule has 1 saturated heterocycles. The molecule has 1 fully saturated rings. The van der Waals surface area contributed by atoms with Crippen LogP contribution in [0.4, 0.5) is 10.1 Å². The normalized spacial score (nSPS) is 19.0. The molecule has 94 valence electrons. The third-order valence-electron chi connectivity index (χ3n) is 2.83. The standard InChI is InChI=1S/C13H13FN2OS/c14-11-5-4-10(7-9(11)8-15)16-13(17)12-3-1-2-6-18-12/h4-5,7,12H,1-3,6H2,(H,16,17). The van der Waals surface area contributed by atoms with Crippen LogP contribution in [0.2, 0.25) is 0 Å². The summed E-state index contributed by atoms with van der Waals surface area (Å²) < 4.78 is 13.1. The molecule has 1 aromatic carbocycles. The number of anilines is 1. The number of thioether (sulfide) groups is 1. The van der Waals surface area contributed by atoms with E-state index in [0.717, 1.165) is 25.0 Å². The van der Waals surface area contributed by atoms with Crippen molar-refractivity contribution in [3.63, 3.8) is 0 Å². The molecule has 0 aromatic heterocycles. The van der Waals surface area contributed by atoms with Gasteiger partial charge in [-0.1, -0.05) is 6.42 Å². The fraction of sp³-hybridized carbons (Fsp3) is 0.385. The fourth-order valence-electron chi connectivity index (χ4n) is 1.86. The zero-order valence-electron chi connectivity index (χ0n) is 9.78. The maximum absolute atomic E-state index is 13.1. The van der Waals surface area contributed by atoms with E-state index in [1.54, 1.807) is 17.8 Å². The molecule has 0 bridgehead atoms. The molecule has 18 heavy (non-hydrogen) atoms. The monoisotopic (exact) mass is 264 g/mol. The van der Waals surface area contributed by atoms with Crippen LogP contribution in [0.5, 0.6) is 0 Å². The summed E-state index contributed by atoms with van der Waals surface area (Å²) in [6.07, 6.45) is 3.10. The molecule has 1 aromatic rings. The van der Waals surface area contributed by atoms with Gasteiger partial charge >= 0.3 is 0 Å². The van der Waals surface area contributed by atoms with Crippen LogP contribution in [0.15, 0.2) is 18.2 Å². The number of carbonyl (C=O) groups is 1. The lowest BCUT2D eigenvalue weighted by atomic mass is 10.1. The maximum atomic E-state index is 13.1. The first-order valence-electron chi connectivity index (χ1n) is 5.83. The first kappa shape index (κ1) is 12.9. The number of nitrogens with one attached hydrogen (secondary N) is 1. The van der Waals surface area contributed by atoms with Gasteiger partial charge in [-0.25, -0.2) is 4.39 Å². The largest absolute Gasteiger partial charge is 0.325 e. The Morgan fingerprint density at radius 3 is 3.00 bits per heavy atom. The Labute approximate surface area is 109 Å². The van der Waals surface area contributed by atoms with Gasteiger partial charge in [-0.05, 0) is 36.8 Å². The van der Waals surface area contributed by atoms with E-state index in [2.05, 4.69) is 5.32 Å². The van der Waals surface area contributed by atoms with Gasteiger partial charge in [0.2, 0.25) is 5.91 Å². The van der Waals surface area contributed by atoms with E-state index in [-0.39, 0.29) is 16.7 Å². The molecule has 1 amide bonds. The molecule has 1 N–H and O–H groups in total. The maximum Gasteiger partial charge on any atom is 0.237 e. The van der Waals surface area contributed by atoms with Crippen molar-refractivity contribution in [1.29, 1.82) is 5.26 Å². The van der Waals surface area contributed by atoms with E-state index in [1.165, 1.54) is 18.2 Å². The van der Waals surface area contributed by atoms with Gasteiger partial charge in [0, 0.05) is 5.69 Å². The van der Waals surface area contributed by atoms with Crippen LogP contribution < -0.4 is 5.32 Å². The molecule has 1 aliphatic heterocycles. The van der Waals surface area contributed by atoms with Crippen LogP contribution in [0.1, 0.15) is 24.8 Å². The zero-order valence-corrected chi connectivity index (χ0v) is 10.6. The molecule has 0 saturated carbocycles. The van der Waals surface area contributed by atoms with Gasteiger partial charge in [-0.15, -0.1) is 11.8 Å². The smallest absolute Gasteiger partial charge is 0.237 e. The van der Waals surface area contributed by atoms with E-state index in [9.17, 15) is 9.18 Å². The van der Waals surface area contributed by atoms with E-state index in [0.29, 0.717) is 5.69 Å². The predicted octanol–water partition coefficient (Wildman–Crippen LogP) is 2.92. The topological polar surface area (TPSA) is 52.9 Å². The number of nitrogens with zero attached hydrogens (tertiary/aromatic N) is 1. The van der Waals surface area contributed by atoms with Crippen LogP contribution >= 0.6 is 11.8 Å². The first-order chi connectivity index (χ1) is 8.70. The second-order valence-corrected chi connectivity index (χ2v) is 5.46. The van der Waals surface area contributed by atoms with Crippen molar-refractivity contribution in [3.05, 3.63) is 29.6 Å². The van der Waals surface area contributed by atoms with Crippen LogP contribution in [0.25, 0.3) is 0 Å². The average Bonchev–Trinajstić information content (AvgIpc) is 2.42. The van der Waals surface area contributed by atoms with E-state index < -0.39 is 5.82 Å². The Balaban J connectivity index is 2.05. The van der Waals surface area contributed by atoms with E-state index >= 15 is 0 Å². The lowest BCUT2D eigenvalue weighted by Crippen LogP contribution is -2.27. The number of carbonyl (C=O) groups excluding carboxylic acids is 1. The van der Waals surface area contributed by atoms with Crippen molar-refractivity contribution >= 4 is 23.4 Å². The van der Waals surface area contributed by atoms with E-state index in [4.69, 9.17) is 5.26 Å². The van der Waals surface area contributed by atoms with Crippen molar-refractivity contribution in [3.8, 4) is 6.07 Å². The van der Waals surface area contributed by atoms with Crippen molar-refractivity contribution in [1.82, 2.24) is 0 Å². The lowest BCUT2D eigenvalue weighted by Gasteiger charge is -2.20. The van der Waals surface area contributed by atoms with Crippen LogP contribution in [0.3, 0.4) is 0 Å². The van der Waals surface area contributed by atoms with Crippen molar-refractivity contribution in [2.45, 2.75) is 24.5 Å². The van der Waals surface area contributed by atoms with Gasteiger partial charge in [0.25, 0.3) is 0 Å². The highest BCUT2D eigenvalue weighted by molar-refractivity contribution is 8.00. The SMILES string of the molecule is N#Cc1cc(NC(=O)C2CCCCS2)ccc1F. The molecule has 0 radical (unpaired) electrons. The summed E-state index contributed by atoms with van der Waals surface area (Å²) in [4.78, 5) is 11.9. The molecule has 3 nitrogen and oxygen atoms in total. The van der Waals surface area contributed by atoms with Crippen LogP contribution in [-0.2, 0) is 4.79 Å². The Morgan fingerprint density at radius 2 is 2.33 bits per heavy atom. The minimum absolute atomic E-state index is 0.0330. The first-order valence-corrected chi connectivity index (χ1v) is 6.87. The van der Waals surface area contributed by atoms with Gasteiger partial charge in [0.15, 0.2) is 0 Å². The molecule has 5 heteroatoms. The summed E-state index contributed by atoms with van der Waals surface area (Å²) in [5.41, 5.74) is 0.424. The number of benzene rings is 1. The van der Waals surface area contributed by atoms with Crippen LogP contribution in [-0.4, -0.2) is 16.9 Å². The summed E-state index contributed by atoms with van der Waals surface area (Å²) in [5.74, 6) is 0.378. The van der Waals surface area contributed by atoms with Crippen LogP contribution in [0, 0.1) is 17.1 Å². The quantitative estimate of drug-likeness (QED) is 0.893. The molecular formula is C13H13FN2OS. The number of rotatable bonds is 2. The third-order valence-corrected chi connectivity index (χ3v) is 4.20. The minimum Gasteiger partial charge on any atom is -0.325 e. The van der Waals surface area contributed by atoms with E-state index in [1.807, 2.05) is 0 Å². The second kappa shape index (κ2) is 5.87. The number of hydrogen-bond donors (Lipinski definition) is 1. The number of hydrogen-bond acceptors (Lipinski definition) is 3. The molecule has 0 spiro atoms. The zero-order chi connectivity index (χ0) is 13.0. The summed E-state index contributed by atoms with van der Waals surface area (Å²) in [7, 11) is 0. The van der Waals surface area contributed by atoms with Gasteiger partial charge in [-0.3, -0.25) is 4.79 Å². The Bertz CT molecular complexity index is 492. The summed E-state index contributed by atoms with van der Waals surface area (Å²) >= 11 is 1.65. The average molecular weight is 264 g/mol. The molecule has 1 aliphatic rings. The summed E-state index contributed by atoms with van der Waals surface area (Å²) in [5, 5.41) is 11.4. The number of amides is 1. The summed E-state index contributed by atoms with van der Waals surface area (Å²) in [6.45, 7) is 0. The van der Waals surface area contributed by atoms with Gasteiger partial charge in [0.05, 0.1) is 10.8 Å². The molecule has 1 unspecified atom stereocenters.